The lowest BCUT2D eigenvalue weighted by Gasteiger charge is -2.45. The van der Waals surface area contributed by atoms with Crippen molar-refractivity contribution in [3.63, 3.8) is 0 Å². The third kappa shape index (κ3) is 3.69. The van der Waals surface area contributed by atoms with Gasteiger partial charge in [0.05, 0.1) is 6.04 Å². The average Bonchev–Trinajstić information content (AvgIpc) is 2.34. The molecule has 106 valence electrons. The minimum atomic E-state index is -0.370. The number of carbonyl (C=O) groups is 1. The molecule has 18 heavy (non-hydrogen) atoms. The number of nitrogens with zero attached hydrogens (tertiary/aromatic N) is 1. The Morgan fingerprint density at radius 3 is 2.72 bits per heavy atom. The number of nitrogens with one attached hydrogen (secondary N) is 1. The number of carbonyl (C=O) groups excluding carboxylic acids is 1. The van der Waals surface area contributed by atoms with Gasteiger partial charge in [-0.05, 0) is 39.3 Å². The molecule has 1 amide bonds. The van der Waals surface area contributed by atoms with Crippen LogP contribution in [0.4, 0.5) is 0 Å². The van der Waals surface area contributed by atoms with E-state index in [-0.39, 0.29) is 17.5 Å². The van der Waals surface area contributed by atoms with Gasteiger partial charge in [0, 0.05) is 12.1 Å². The Balaban J connectivity index is 2.61. The normalized spacial score (nSPS) is 30.2. The summed E-state index contributed by atoms with van der Waals surface area (Å²) in [5.74, 6) is 0.717. The van der Waals surface area contributed by atoms with E-state index in [1.807, 2.05) is 6.92 Å². The lowest BCUT2D eigenvalue weighted by atomic mass is 9.75. The SMILES string of the molecule is CC[C@@H](N)C(=O)NCC1(N(C)C)CCCC(C)C1. The quantitative estimate of drug-likeness (QED) is 0.779. The van der Waals surface area contributed by atoms with Gasteiger partial charge in [0.2, 0.25) is 5.91 Å². The third-order valence-corrected chi connectivity index (χ3v) is 4.38. The molecule has 0 saturated heterocycles. The van der Waals surface area contributed by atoms with Crippen LogP contribution in [0, 0.1) is 5.92 Å². The summed E-state index contributed by atoms with van der Waals surface area (Å²) < 4.78 is 0. The molecular formula is C14H29N3O. The Kier molecular flexibility index (Phi) is 5.60. The van der Waals surface area contributed by atoms with Crippen molar-refractivity contribution in [1.82, 2.24) is 10.2 Å². The van der Waals surface area contributed by atoms with Crippen LogP contribution in [0.5, 0.6) is 0 Å². The van der Waals surface area contributed by atoms with E-state index in [2.05, 4.69) is 31.2 Å². The van der Waals surface area contributed by atoms with Gasteiger partial charge in [-0.3, -0.25) is 4.79 Å². The van der Waals surface area contributed by atoms with Crippen LogP contribution in [0.25, 0.3) is 0 Å². The molecule has 4 heteroatoms. The molecule has 1 fully saturated rings. The second-order valence-electron chi connectivity index (χ2n) is 6.05. The standard InChI is InChI=1S/C14H29N3O/c1-5-12(15)13(18)16-10-14(17(3)4)8-6-7-11(2)9-14/h11-12H,5-10,15H2,1-4H3,(H,16,18)/t11?,12-,14?/m1/s1. The monoisotopic (exact) mass is 255 g/mol. The van der Waals surface area contributed by atoms with Crippen LogP contribution >= 0.6 is 0 Å². The van der Waals surface area contributed by atoms with Gasteiger partial charge in [0.1, 0.15) is 0 Å². The number of hydrogen-bond donors (Lipinski definition) is 2. The second-order valence-corrected chi connectivity index (χ2v) is 6.05. The Labute approximate surface area is 111 Å². The van der Waals surface area contributed by atoms with E-state index >= 15 is 0 Å². The zero-order valence-corrected chi connectivity index (χ0v) is 12.3. The van der Waals surface area contributed by atoms with Gasteiger partial charge in [0.25, 0.3) is 0 Å². The highest BCUT2D eigenvalue weighted by atomic mass is 16.2. The first kappa shape index (κ1) is 15.4. The minimum Gasteiger partial charge on any atom is -0.353 e. The maximum Gasteiger partial charge on any atom is 0.236 e. The predicted octanol–water partition coefficient (Wildman–Crippen LogP) is 1.35. The molecule has 3 N–H and O–H groups in total. The van der Waals surface area contributed by atoms with Crippen LogP contribution in [0.1, 0.15) is 46.0 Å². The van der Waals surface area contributed by atoms with Gasteiger partial charge < -0.3 is 16.0 Å². The second kappa shape index (κ2) is 6.53. The topological polar surface area (TPSA) is 58.4 Å². The Morgan fingerprint density at radius 2 is 2.22 bits per heavy atom. The summed E-state index contributed by atoms with van der Waals surface area (Å²) in [4.78, 5) is 14.1. The Morgan fingerprint density at radius 1 is 1.56 bits per heavy atom. The van der Waals surface area contributed by atoms with Crippen molar-refractivity contribution in [2.75, 3.05) is 20.6 Å². The van der Waals surface area contributed by atoms with Crippen LogP contribution in [0.2, 0.25) is 0 Å². The van der Waals surface area contributed by atoms with Crippen molar-refractivity contribution in [2.24, 2.45) is 11.7 Å². The van der Waals surface area contributed by atoms with E-state index in [9.17, 15) is 4.79 Å². The predicted molar refractivity (Wildman–Crippen MR) is 75.3 cm³/mol. The molecule has 0 heterocycles. The largest absolute Gasteiger partial charge is 0.353 e. The van der Waals surface area contributed by atoms with Crippen molar-refractivity contribution in [3.05, 3.63) is 0 Å². The summed E-state index contributed by atoms with van der Waals surface area (Å²) in [7, 11) is 4.23. The molecule has 1 aliphatic carbocycles. The molecule has 0 aromatic rings. The summed E-state index contributed by atoms with van der Waals surface area (Å²) in [6, 6.07) is -0.370. The minimum absolute atomic E-state index is 0.0167. The average molecular weight is 255 g/mol. The van der Waals surface area contributed by atoms with Crippen LogP contribution < -0.4 is 11.1 Å². The highest BCUT2D eigenvalue weighted by Gasteiger charge is 2.37. The number of nitrogens with two attached hydrogens (primary N) is 1. The fourth-order valence-corrected chi connectivity index (χ4v) is 2.93. The van der Waals surface area contributed by atoms with E-state index in [1.54, 1.807) is 0 Å². The number of rotatable bonds is 5. The van der Waals surface area contributed by atoms with E-state index in [4.69, 9.17) is 5.73 Å². The van der Waals surface area contributed by atoms with Gasteiger partial charge >= 0.3 is 0 Å². The van der Waals surface area contributed by atoms with Crippen molar-refractivity contribution in [3.8, 4) is 0 Å². The molecule has 0 aliphatic heterocycles. The first-order valence-corrected chi connectivity index (χ1v) is 7.12. The van der Waals surface area contributed by atoms with E-state index in [1.165, 1.54) is 12.8 Å². The molecule has 0 aromatic carbocycles. The molecule has 3 atom stereocenters. The Hall–Kier alpha value is -0.610. The third-order valence-electron chi connectivity index (χ3n) is 4.38. The maximum absolute atomic E-state index is 11.8. The van der Waals surface area contributed by atoms with Crippen LogP contribution in [-0.2, 0) is 4.79 Å². The lowest BCUT2D eigenvalue weighted by Crippen LogP contribution is -2.56. The summed E-state index contributed by atoms with van der Waals surface area (Å²) in [6.45, 7) is 4.96. The van der Waals surface area contributed by atoms with Gasteiger partial charge in [-0.2, -0.15) is 0 Å². The molecule has 0 spiro atoms. The Bertz CT molecular complexity index is 280. The van der Waals surface area contributed by atoms with Crippen LogP contribution in [-0.4, -0.2) is 43.0 Å². The first-order valence-electron chi connectivity index (χ1n) is 7.12. The highest BCUT2D eigenvalue weighted by molar-refractivity contribution is 5.81. The summed E-state index contributed by atoms with van der Waals surface area (Å²) >= 11 is 0. The fraction of sp³-hybridized carbons (Fsp3) is 0.929. The first-order chi connectivity index (χ1) is 8.41. The number of amides is 1. The van der Waals surface area contributed by atoms with Gasteiger partial charge in [-0.15, -0.1) is 0 Å². The number of hydrogen-bond acceptors (Lipinski definition) is 3. The van der Waals surface area contributed by atoms with Crippen molar-refractivity contribution < 1.29 is 4.79 Å². The zero-order valence-electron chi connectivity index (χ0n) is 12.3. The molecule has 2 unspecified atom stereocenters. The maximum atomic E-state index is 11.8. The molecule has 0 radical (unpaired) electrons. The fourth-order valence-electron chi connectivity index (χ4n) is 2.93. The zero-order chi connectivity index (χ0) is 13.8. The van der Waals surface area contributed by atoms with Crippen molar-refractivity contribution in [1.29, 1.82) is 0 Å². The van der Waals surface area contributed by atoms with Crippen LogP contribution in [0.3, 0.4) is 0 Å². The smallest absolute Gasteiger partial charge is 0.236 e. The van der Waals surface area contributed by atoms with Gasteiger partial charge in [-0.1, -0.05) is 26.7 Å². The number of likely N-dealkylation sites (N-methyl/N-ethyl adjacent to an activating group) is 1. The molecule has 0 bridgehead atoms. The van der Waals surface area contributed by atoms with Crippen LogP contribution in [0.15, 0.2) is 0 Å². The molecule has 0 aromatic heterocycles. The summed E-state index contributed by atoms with van der Waals surface area (Å²) in [5.41, 5.74) is 5.86. The lowest BCUT2D eigenvalue weighted by molar-refractivity contribution is -0.123. The molecule has 1 aliphatic rings. The molecule has 4 nitrogen and oxygen atoms in total. The highest BCUT2D eigenvalue weighted by Crippen LogP contribution is 2.35. The summed E-state index contributed by atoms with van der Waals surface area (Å²) in [6.07, 6.45) is 5.55. The summed E-state index contributed by atoms with van der Waals surface area (Å²) in [5, 5.41) is 3.04. The van der Waals surface area contributed by atoms with Crippen molar-refractivity contribution >= 4 is 5.91 Å². The van der Waals surface area contributed by atoms with E-state index in [0.717, 1.165) is 25.3 Å². The molecular weight excluding hydrogens is 226 g/mol. The molecule has 1 saturated carbocycles. The van der Waals surface area contributed by atoms with Gasteiger partial charge in [-0.25, -0.2) is 0 Å². The van der Waals surface area contributed by atoms with Gasteiger partial charge in [0.15, 0.2) is 0 Å². The van der Waals surface area contributed by atoms with Crippen molar-refractivity contribution in [2.45, 2.75) is 57.5 Å². The van der Waals surface area contributed by atoms with E-state index in [0.29, 0.717) is 6.42 Å². The van der Waals surface area contributed by atoms with E-state index < -0.39 is 0 Å². The molecule has 1 rings (SSSR count).